The molecule has 1 aliphatic rings. The highest BCUT2D eigenvalue weighted by Crippen LogP contribution is 2.33. The van der Waals surface area contributed by atoms with Gasteiger partial charge < -0.3 is 15.5 Å². The van der Waals surface area contributed by atoms with Crippen LogP contribution < -0.4 is 5.32 Å². The van der Waals surface area contributed by atoms with Crippen molar-refractivity contribution in [3.63, 3.8) is 0 Å². The van der Waals surface area contributed by atoms with Gasteiger partial charge in [-0.1, -0.05) is 24.9 Å². The molecule has 0 amide bonds. The number of carboxylic acids is 1. The lowest BCUT2D eigenvalue weighted by Gasteiger charge is -2.36. The number of hydrogen-bond acceptors (Lipinski definition) is 4. The number of nitrogens with one attached hydrogen (secondary N) is 1. The molecule has 21 heavy (non-hydrogen) atoms. The summed E-state index contributed by atoms with van der Waals surface area (Å²) in [5.74, 6) is 0.0352. The van der Waals surface area contributed by atoms with Crippen LogP contribution in [-0.4, -0.2) is 33.3 Å². The second-order valence-electron chi connectivity index (χ2n) is 5.78. The Morgan fingerprint density at radius 3 is 2.76 bits per heavy atom. The maximum Gasteiger partial charge on any atom is 0.337 e. The van der Waals surface area contributed by atoms with Crippen LogP contribution in [0, 0.1) is 5.92 Å². The molecule has 0 saturated heterocycles. The molecule has 0 bridgehead atoms. The number of pyridine rings is 1. The predicted molar refractivity (Wildman–Crippen MR) is 81.9 cm³/mol. The average Bonchev–Trinajstić information content (AvgIpc) is 2.47. The van der Waals surface area contributed by atoms with Crippen molar-refractivity contribution < 1.29 is 15.0 Å². The number of carbonyl (C=O) groups is 1. The van der Waals surface area contributed by atoms with Gasteiger partial charge in [0.05, 0.1) is 16.2 Å². The smallest absolute Gasteiger partial charge is 0.337 e. The molecule has 0 aromatic carbocycles. The summed E-state index contributed by atoms with van der Waals surface area (Å²) in [6.45, 7) is 2.55. The van der Waals surface area contributed by atoms with Gasteiger partial charge in [-0.25, -0.2) is 9.78 Å². The van der Waals surface area contributed by atoms with Gasteiger partial charge in [0.2, 0.25) is 0 Å². The highest BCUT2D eigenvalue weighted by Gasteiger charge is 2.32. The van der Waals surface area contributed by atoms with Gasteiger partial charge in [0.1, 0.15) is 5.82 Å². The fraction of sp³-hybridized carbons (Fsp3) is 0.600. The largest absolute Gasteiger partial charge is 0.478 e. The molecule has 0 aliphatic heterocycles. The second-order valence-corrected chi connectivity index (χ2v) is 6.19. The Kier molecular flexibility index (Phi) is 5.06. The summed E-state index contributed by atoms with van der Waals surface area (Å²) in [5, 5.41) is 22.7. The third kappa shape index (κ3) is 4.08. The van der Waals surface area contributed by atoms with E-state index in [1.54, 1.807) is 0 Å². The van der Waals surface area contributed by atoms with E-state index in [0.29, 0.717) is 18.3 Å². The number of aromatic carboxylic acids is 1. The molecular formula is C15H21ClN2O3. The number of anilines is 1. The van der Waals surface area contributed by atoms with E-state index in [4.69, 9.17) is 16.7 Å². The first-order valence-corrected chi connectivity index (χ1v) is 7.66. The van der Waals surface area contributed by atoms with Crippen LogP contribution >= 0.6 is 11.6 Å². The predicted octanol–water partition coefficient (Wildman–Crippen LogP) is 3.18. The minimum Gasteiger partial charge on any atom is -0.478 e. The van der Waals surface area contributed by atoms with Crippen LogP contribution in [0.15, 0.2) is 12.3 Å². The van der Waals surface area contributed by atoms with Crippen molar-refractivity contribution in [2.75, 3.05) is 11.9 Å². The van der Waals surface area contributed by atoms with Crippen molar-refractivity contribution >= 4 is 23.4 Å². The molecule has 0 atom stereocenters. The van der Waals surface area contributed by atoms with Crippen LogP contribution in [0.3, 0.4) is 0 Å². The molecule has 0 unspecified atom stereocenters. The van der Waals surface area contributed by atoms with Crippen molar-refractivity contribution in [3.05, 3.63) is 22.8 Å². The summed E-state index contributed by atoms with van der Waals surface area (Å²) in [4.78, 5) is 15.1. The van der Waals surface area contributed by atoms with Gasteiger partial charge in [-0.05, 0) is 37.7 Å². The Bertz CT molecular complexity index is 514. The van der Waals surface area contributed by atoms with E-state index in [1.165, 1.54) is 12.3 Å². The van der Waals surface area contributed by atoms with E-state index in [0.717, 1.165) is 32.1 Å². The normalized spacial score (nSPS) is 25.6. The zero-order chi connectivity index (χ0) is 15.5. The van der Waals surface area contributed by atoms with E-state index in [2.05, 4.69) is 17.2 Å². The van der Waals surface area contributed by atoms with Crippen LogP contribution in [0.4, 0.5) is 5.82 Å². The number of carboxylic acid groups (broad SMARTS) is 1. The van der Waals surface area contributed by atoms with Crippen molar-refractivity contribution in [2.24, 2.45) is 5.92 Å². The standard InChI is InChI=1S/C15H21ClN2O3/c1-2-10-3-5-15(21,6-4-10)9-18-13-7-11(14(19)20)12(16)8-17-13/h7-8,10,21H,2-6,9H2,1H3,(H,17,18)(H,19,20). The van der Waals surface area contributed by atoms with E-state index in [1.807, 2.05) is 0 Å². The highest BCUT2D eigenvalue weighted by atomic mass is 35.5. The number of halogens is 1. The summed E-state index contributed by atoms with van der Waals surface area (Å²) in [6.07, 6.45) is 6.05. The number of aromatic nitrogens is 1. The Balaban J connectivity index is 1.97. The Morgan fingerprint density at radius 1 is 1.52 bits per heavy atom. The maximum absolute atomic E-state index is 11.0. The first kappa shape index (κ1) is 16.0. The van der Waals surface area contributed by atoms with E-state index in [-0.39, 0.29) is 10.6 Å². The Labute approximate surface area is 129 Å². The minimum atomic E-state index is -1.09. The van der Waals surface area contributed by atoms with Crippen LogP contribution in [0.1, 0.15) is 49.4 Å². The Hall–Kier alpha value is -1.33. The lowest BCUT2D eigenvalue weighted by Crippen LogP contribution is -2.40. The summed E-state index contributed by atoms with van der Waals surface area (Å²) < 4.78 is 0. The van der Waals surface area contributed by atoms with Gasteiger partial charge >= 0.3 is 5.97 Å². The monoisotopic (exact) mass is 312 g/mol. The molecule has 1 heterocycles. The third-order valence-electron chi connectivity index (χ3n) is 4.30. The van der Waals surface area contributed by atoms with Crippen molar-refractivity contribution in [2.45, 2.75) is 44.6 Å². The van der Waals surface area contributed by atoms with Crippen molar-refractivity contribution in [1.82, 2.24) is 4.98 Å². The van der Waals surface area contributed by atoms with Crippen LogP contribution in [0.2, 0.25) is 5.02 Å². The fourth-order valence-electron chi connectivity index (χ4n) is 2.75. The molecule has 1 aromatic rings. The zero-order valence-corrected chi connectivity index (χ0v) is 12.9. The first-order valence-electron chi connectivity index (χ1n) is 7.28. The zero-order valence-electron chi connectivity index (χ0n) is 12.1. The van der Waals surface area contributed by atoms with Crippen molar-refractivity contribution in [1.29, 1.82) is 0 Å². The van der Waals surface area contributed by atoms with Gasteiger partial charge in [-0.15, -0.1) is 0 Å². The van der Waals surface area contributed by atoms with E-state index < -0.39 is 11.6 Å². The first-order chi connectivity index (χ1) is 9.93. The van der Waals surface area contributed by atoms with Gasteiger partial charge in [-0.2, -0.15) is 0 Å². The van der Waals surface area contributed by atoms with Crippen LogP contribution in [0.25, 0.3) is 0 Å². The van der Waals surface area contributed by atoms with Gasteiger partial charge in [0.15, 0.2) is 0 Å². The molecule has 1 saturated carbocycles. The molecule has 2 rings (SSSR count). The summed E-state index contributed by atoms with van der Waals surface area (Å²) >= 11 is 5.78. The molecule has 3 N–H and O–H groups in total. The van der Waals surface area contributed by atoms with Gasteiger partial charge in [0, 0.05) is 12.7 Å². The van der Waals surface area contributed by atoms with Crippen LogP contribution in [-0.2, 0) is 0 Å². The third-order valence-corrected chi connectivity index (χ3v) is 4.60. The van der Waals surface area contributed by atoms with Crippen molar-refractivity contribution in [3.8, 4) is 0 Å². The van der Waals surface area contributed by atoms with Gasteiger partial charge in [0.25, 0.3) is 0 Å². The fourth-order valence-corrected chi connectivity index (χ4v) is 2.94. The number of nitrogens with zero attached hydrogens (tertiary/aromatic N) is 1. The average molecular weight is 313 g/mol. The minimum absolute atomic E-state index is 0.0100. The number of hydrogen-bond donors (Lipinski definition) is 3. The molecule has 116 valence electrons. The Morgan fingerprint density at radius 2 is 2.19 bits per heavy atom. The molecule has 5 nitrogen and oxygen atoms in total. The molecular weight excluding hydrogens is 292 g/mol. The number of rotatable bonds is 5. The quantitative estimate of drug-likeness (QED) is 0.778. The SMILES string of the molecule is CCC1CCC(O)(CNc2cc(C(=O)O)c(Cl)cn2)CC1. The van der Waals surface area contributed by atoms with E-state index >= 15 is 0 Å². The van der Waals surface area contributed by atoms with Crippen LogP contribution in [0.5, 0.6) is 0 Å². The molecule has 6 heteroatoms. The topological polar surface area (TPSA) is 82.5 Å². The highest BCUT2D eigenvalue weighted by molar-refractivity contribution is 6.33. The molecule has 0 radical (unpaired) electrons. The molecule has 0 spiro atoms. The second kappa shape index (κ2) is 6.62. The van der Waals surface area contributed by atoms with E-state index in [9.17, 15) is 9.90 Å². The summed E-state index contributed by atoms with van der Waals surface area (Å²) in [5.41, 5.74) is -0.730. The summed E-state index contributed by atoms with van der Waals surface area (Å²) in [7, 11) is 0. The molecule has 1 fully saturated rings. The molecule has 1 aromatic heterocycles. The lowest BCUT2D eigenvalue weighted by atomic mass is 9.78. The number of aliphatic hydroxyl groups is 1. The summed E-state index contributed by atoms with van der Waals surface area (Å²) in [6, 6.07) is 1.39. The molecule has 1 aliphatic carbocycles. The maximum atomic E-state index is 11.0. The van der Waals surface area contributed by atoms with Gasteiger partial charge in [-0.3, -0.25) is 0 Å². The lowest BCUT2D eigenvalue weighted by molar-refractivity contribution is 0.00223.